The van der Waals surface area contributed by atoms with Crippen molar-refractivity contribution in [3.63, 3.8) is 0 Å². The van der Waals surface area contributed by atoms with Gasteiger partial charge in [-0.15, -0.1) is 0 Å². The number of hydrogen-bond donors (Lipinski definition) is 3. The lowest BCUT2D eigenvalue weighted by Gasteiger charge is -2.27. The van der Waals surface area contributed by atoms with Crippen LogP contribution in [0.5, 0.6) is 0 Å². The van der Waals surface area contributed by atoms with Crippen LogP contribution in [0.2, 0.25) is 0 Å². The fourth-order valence-electron chi connectivity index (χ4n) is 1.82. The molecule has 0 bridgehead atoms. The fourth-order valence-corrected chi connectivity index (χ4v) is 1.82. The van der Waals surface area contributed by atoms with E-state index in [-0.39, 0.29) is 23.9 Å². The molecule has 0 radical (unpaired) electrons. The molecule has 3 N–H and O–H groups in total. The van der Waals surface area contributed by atoms with E-state index in [1.807, 2.05) is 0 Å². The van der Waals surface area contributed by atoms with Crippen LogP contribution in [0, 0.1) is 5.82 Å². The van der Waals surface area contributed by atoms with E-state index in [1.165, 1.54) is 11.0 Å². The number of urea groups is 1. The first-order valence-electron chi connectivity index (χ1n) is 6.58. The van der Waals surface area contributed by atoms with Crippen LogP contribution in [0.1, 0.15) is 30.6 Å². The van der Waals surface area contributed by atoms with Crippen LogP contribution in [0.25, 0.3) is 0 Å². The number of benzene rings is 1. The molecule has 21 heavy (non-hydrogen) atoms. The van der Waals surface area contributed by atoms with E-state index in [2.05, 4.69) is 5.32 Å². The Labute approximate surface area is 122 Å². The zero-order valence-electron chi connectivity index (χ0n) is 12.0. The lowest BCUT2D eigenvalue weighted by Crippen LogP contribution is -2.41. The number of aliphatic hydroxyl groups excluding tert-OH is 1. The maximum Gasteiger partial charge on any atom is 0.337 e. The second kappa shape index (κ2) is 7.58. The van der Waals surface area contributed by atoms with E-state index in [9.17, 15) is 14.0 Å². The van der Waals surface area contributed by atoms with Crippen molar-refractivity contribution in [1.29, 1.82) is 0 Å². The molecule has 0 unspecified atom stereocenters. The lowest BCUT2D eigenvalue weighted by molar-refractivity contribution is 0.0697. The van der Waals surface area contributed by atoms with E-state index in [1.54, 1.807) is 13.8 Å². The monoisotopic (exact) mass is 298 g/mol. The van der Waals surface area contributed by atoms with E-state index >= 15 is 0 Å². The SMILES string of the molecule is CC(C)N(CCCO)C(=O)Nc1ccc(F)cc1C(=O)O. The Morgan fingerprint density at radius 3 is 2.57 bits per heavy atom. The summed E-state index contributed by atoms with van der Waals surface area (Å²) < 4.78 is 13.1. The van der Waals surface area contributed by atoms with Crippen molar-refractivity contribution in [3.8, 4) is 0 Å². The van der Waals surface area contributed by atoms with Gasteiger partial charge in [-0.05, 0) is 38.5 Å². The first-order chi connectivity index (χ1) is 9.86. The first kappa shape index (κ1) is 16.9. The summed E-state index contributed by atoms with van der Waals surface area (Å²) >= 11 is 0. The molecule has 7 heteroatoms. The van der Waals surface area contributed by atoms with Crippen LogP contribution in [0.15, 0.2) is 18.2 Å². The molecule has 0 aromatic heterocycles. The minimum Gasteiger partial charge on any atom is -0.478 e. The quantitative estimate of drug-likeness (QED) is 0.750. The number of nitrogens with one attached hydrogen (secondary N) is 1. The van der Waals surface area contributed by atoms with Crippen molar-refractivity contribution >= 4 is 17.7 Å². The van der Waals surface area contributed by atoms with Crippen molar-refractivity contribution in [2.75, 3.05) is 18.5 Å². The van der Waals surface area contributed by atoms with Gasteiger partial charge in [0.25, 0.3) is 0 Å². The largest absolute Gasteiger partial charge is 0.478 e. The van der Waals surface area contributed by atoms with Crippen LogP contribution in [0.3, 0.4) is 0 Å². The summed E-state index contributed by atoms with van der Waals surface area (Å²) in [6, 6.07) is 2.53. The molecule has 0 atom stereocenters. The average Bonchev–Trinajstić information content (AvgIpc) is 2.40. The van der Waals surface area contributed by atoms with Crippen molar-refractivity contribution in [2.24, 2.45) is 0 Å². The average molecular weight is 298 g/mol. The van der Waals surface area contributed by atoms with E-state index < -0.39 is 17.8 Å². The predicted molar refractivity (Wildman–Crippen MR) is 75.9 cm³/mol. The predicted octanol–water partition coefficient (Wildman–Crippen LogP) is 2.15. The number of anilines is 1. The van der Waals surface area contributed by atoms with Crippen LogP contribution in [-0.2, 0) is 0 Å². The first-order valence-corrected chi connectivity index (χ1v) is 6.58. The molecular weight excluding hydrogens is 279 g/mol. The third kappa shape index (κ3) is 4.71. The van der Waals surface area contributed by atoms with E-state index in [0.717, 1.165) is 12.1 Å². The molecule has 0 spiro atoms. The van der Waals surface area contributed by atoms with E-state index in [4.69, 9.17) is 10.2 Å². The second-order valence-corrected chi connectivity index (χ2v) is 4.79. The molecule has 0 aliphatic carbocycles. The summed E-state index contributed by atoms with van der Waals surface area (Å²) in [5.41, 5.74) is -0.280. The fraction of sp³-hybridized carbons (Fsp3) is 0.429. The summed E-state index contributed by atoms with van der Waals surface area (Å²) in [7, 11) is 0. The Kier molecular flexibility index (Phi) is 6.10. The maximum atomic E-state index is 13.1. The number of hydrogen-bond acceptors (Lipinski definition) is 3. The maximum absolute atomic E-state index is 13.1. The van der Waals surface area contributed by atoms with Gasteiger partial charge in [0.1, 0.15) is 5.82 Å². The zero-order chi connectivity index (χ0) is 16.0. The number of halogens is 1. The standard InChI is InChI=1S/C14H19FN2O4/c1-9(2)17(6-3-7-18)14(21)16-12-5-4-10(15)8-11(12)13(19)20/h4-5,8-9,18H,3,6-7H2,1-2H3,(H,16,21)(H,19,20). The Hall–Kier alpha value is -2.15. The van der Waals surface area contributed by atoms with Gasteiger partial charge >= 0.3 is 12.0 Å². The third-order valence-corrected chi connectivity index (χ3v) is 2.89. The second-order valence-electron chi connectivity index (χ2n) is 4.79. The number of amides is 2. The van der Waals surface area contributed by atoms with Gasteiger partial charge in [0.2, 0.25) is 0 Å². The number of carbonyl (C=O) groups excluding carboxylic acids is 1. The molecule has 0 saturated heterocycles. The molecule has 0 aliphatic rings. The van der Waals surface area contributed by atoms with Crippen molar-refractivity contribution in [1.82, 2.24) is 4.90 Å². The van der Waals surface area contributed by atoms with Gasteiger partial charge < -0.3 is 20.4 Å². The summed E-state index contributed by atoms with van der Waals surface area (Å²) in [5, 5.41) is 20.3. The van der Waals surface area contributed by atoms with Gasteiger partial charge in [-0.3, -0.25) is 0 Å². The lowest BCUT2D eigenvalue weighted by atomic mass is 10.1. The van der Waals surface area contributed by atoms with Gasteiger partial charge in [0, 0.05) is 19.2 Å². The number of aromatic carboxylic acids is 1. The Morgan fingerprint density at radius 2 is 2.05 bits per heavy atom. The normalized spacial score (nSPS) is 10.5. The van der Waals surface area contributed by atoms with Crippen molar-refractivity contribution in [2.45, 2.75) is 26.3 Å². The molecule has 0 fully saturated rings. The summed E-state index contributed by atoms with van der Waals surface area (Å²) in [6.07, 6.45) is 0.417. The number of aliphatic hydroxyl groups is 1. The Morgan fingerprint density at radius 1 is 1.38 bits per heavy atom. The smallest absolute Gasteiger partial charge is 0.337 e. The van der Waals surface area contributed by atoms with Gasteiger partial charge in [-0.25, -0.2) is 14.0 Å². The molecule has 2 amide bonds. The van der Waals surface area contributed by atoms with Crippen LogP contribution < -0.4 is 5.32 Å². The number of nitrogens with zero attached hydrogens (tertiary/aromatic N) is 1. The van der Waals surface area contributed by atoms with Gasteiger partial charge in [0.05, 0.1) is 11.3 Å². The number of carboxylic acids is 1. The molecule has 1 aromatic carbocycles. The van der Waals surface area contributed by atoms with Crippen LogP contribution in [0.4, 0.5) is 14.9 Å². The molecular formula is C14H19FN2O4. The molecule has 6 nitrogen and oxygen atoms in total. The summed E-state index contributed by atoms with van der Waals surface area (Å²) in [6.45, 7) is 3.90. The highest BCUT2D eigenvalue weighted by Gasteiger charge is 2.19. The molecule has 1 rings (SSSR count). The highest BCUT2D eigenvalue weighted by atomic mass is 19.1. The zero-order valence-corrected chi connectivity index (χ0v) is 12.0. The van der Waals surface area contributed by atoms with Crippen LogP contribution in [-0.4, -0.2) is 46.3 Å². The molecule has 116 valence electrons. The van der Waals surface area contributed by atoms with Crippen LogP contribution >= 0.6 is 0 Å². The third-order valence-electron chi connectivity index (χ3n) is 2.89. The molecule has 0 aliphatic heterocycles. The van der Waals surface area contributed by atoms with E-state index in [0.29, 0.717) is 13.0 Å². The van der Waals surface area contributed by atoms with Gasteiger partial charge in [-0.1, -0.05) is 0 Å². The number of carbonyl (C=O) groups is 2. The highest BCUT2D eigenvalue weighted by molar-refractivity contribution is 6.00. The summed E-state index contributed by atoms with van der Waals surface area (Å²) in [5.74, 6) is -2.01. The molecule has 0 saturated carbocycles. The van der Waals surface area contributed by atoms with Crippen molar-refractivity contribution in [3.05, 3.63) is 29.6 Å². The molecule has 1 aromatic rings. The topological polar surface area (TPSA) is 89.9 Å². The summed E-state index contributed by atoms with van der Waals surface area (Å²) in [4.78, 5) is 24.7. The van der Waals surface area contributed by atoms with Crippen molar-refractivity contribution < 1.29 is 24.2 Å². The van der Waals surface area contributed by atoms with Gasteiger partial charge in [-0.2, -0.15) is 0 Å². The minimum atomic E-state index is -1.32. The highest BCUT2D eigenvalue weighted by Crippen LogP contribution is 2.18. The Bertz CT molecular complexity index is 520. The number of carboxylic acid groups (broad SMARTS) is 1. The Balaban J connectivity index is 2.93. The molecule has 0 heterocycles. The van der Waals surface area contributed by atoms with Gasteiger partial charge in [0.15, 0.2) is 0 Å². The minimum absolute atomic E-state index is 0.0311. The number of rotatable bonds is 6.